The van der Waals surface area contributed by atoms with Crippen molar-refractivity contribution in [2.24, 2.45) is 5.73 Å². The fraction of sp³-hybridized carbons (Fsp3) is 0.462. The molecule has 20 heavy (non-hydrogen) atoms. The molecule has 7 heteroatoms. The maximum atomic E-state index is 12.2. The van der Waals surface area contributed by atoms with E-state index in [1.54, 1.807) is 24.3 Å². The van der Waals surface area contributed by atoms with Gasteiger partial charge in [-0.15, -0.1) is 0 Å². The molecule has 0 heterocycles. The van der Waals surface area contributed by atoms with Crippen molar-refractivity contribution >= 4 is 21.6 Å². The minimum Gasteiger partial charge on any atom is -0.384 e. The summed E-state index contributed by atoms with van der Waals surface area (Å²) in [5, 5.41) is 3.04. The summed E-state index contributed by atoms with van der Waals surface area (Å²) in [6.07, 6.45) is 2.64. The maximum Gasteiger partial charge on any atom is 0.242 e. The van der Waals surface area contributed by atoms with Crippen molar-refractivity contribution in [3.05, 3.63) is 24.3 Å². The average molecular weight is 297 g/mol. The van der Waals surface area contributed by atoms with E-state index in [0.29, 0.717) is 18.7 Å². The van der Waals surface area contributed by atoms with Gasteiger partial charge in [-0.25, -0.2) is 13.1 Å². The molecule has 0 saturated heterocycles. The quantitative estimate of drug-likeness (QED) is 0.618. The van der Waals surface area contributed by atoms with Crippen LogP contribution in [0.2, 0.25) is 0 Å². The van der Waals surface area contributed by atoms with Crippen LogP contribution in [0.4, 0.5) is 5.69 Å². The number of carbonyl (C=O) groups is 1. The highest BCUT2D eigenvalue weighted by Gasteiger charge is 2.29. The van der Waals surface area contributed by atoms with E-state index in [0.717, 1.165) is 12.8 Å². The Morgan fingerprint density at radius 3 is 2.65 bits per heavy atom. The van der Waals surface area contributed by atoms with Crippen molar-refractivity contribution in [1.82, 2.24) is 4.72 Å². The van der Waals surface area contributed by atoms with Crippen molar-refractivity contribution in [3.8, 4) is 0 Å². The minimum atomic E-state index is -3.49. The van der Waals surface area contributed by atoms with Crippen LogP contribution in [0.15, 0.2) is 29.2 Å². The van der Waals surface area contributed by atoms with Gasteiger partial charge in [-0.1, -0.05) is 12.1 Å². The predicted molar refractivity (Wildman–Crippen MR) is 76.7 cm³/mol. The fourth-order valence-corrected chi connectivity index (χ4v) is 3.31. The van der Waals surface area contributed by atoms with Gasteiger partial charge in [-0.05, 0) is 31.4 Å². The fourth-order valence-electron chi connectivity index (χ4n) is 1.82. The van der Waals surface area contributed by atoms with Crippen LogP contribution in [0.3, 0.4) is 0 Å². The first-order valence-corrected chi connectivity index (χ1v) is 8.11. The van der Waals surface area contributed by atoms with Gasteiger partial charge in [0.25, 0.3) is 0 Å². The molecule has 1 aliphatic carbocycles. The number of hydrogen-bond acceptors (Lipinski definition) is 4. The van der Waals surface area contributed by atoms with Crippen LogP contribution in [-0.4, -0.2) is 26.9 Å². The van der Waals surface area contributed by atoms with Gasteiger partial charge in [0.2, 0.25) is 15.9 Å². The molecule has 4 N–H and O–H groups in total. The molecule has 0 atom stereocenters. The van der Waals surface area contributed by atoms with Crippen molar-refractivity contribution in [3.63, 3.8) is 0 Å². The lowest BCUT2D eigenvalue weighted by atomic mass is 10.2. The van der Waals surface area contributed by atoms with Gasteiger partial charge in [0.1, 0.15) is 4.90 Å². The number of anilines is 1. The average Bonchev–Trinajstić information content (AvgIpc) is 3.18. The first-order chi connectivity index (χ1) is 9.49. The van der Waals surface area contributed by atoms with Crippen LogP contribution >= 0.6 is 0 Å². The van der Waals surface area contributed by atoms with Crippen LogP contribution < -0.4 is 15.8 Å². The smallest absolute Gasteiger partial charge is 0.242 e. The molecule has 2 rings (SSSR count). The van der Waals surface area contributed by atoms with Crippen molar-refractivity contribution in [2.45, 2.75) is 36.6 Å². The Bertz CT molecular complexity index is 582. The van der Waals surface area contributed by atoms with Crippen LogP contribution in [0, 0.1) is 0 Å². The number of nitrogens with one attached hydrogen (secondary N) is 2. The largest absolute Gasteiger partial charge is 0.384 e. The van der Waals surface area contributed by atoms with Gasteiger partial charge in [0.05, 0.1) is 5.69 Å². The number of sulfonamides is 1. The van der Waals surface area contributed by atoms with Crippen molar-refractivity contribution in [2.75, 3.05) is 11.9 Å². The number of rotatable bonds is 8. The summed E-state index contributed by atoms with van der Waals surface area (Å²) in [4.78, 5) is 10.9. The highest BCUT2D eigenvalue weighted by molar-refractivity contribution is 7.89. The Kier molecular flexibility index (Phi) is 4.61. The molecule has 110 valence electrons. The third kappa shape index (κ3) is 4.21. The zero-order chi connectivity index (χ0) is 14.6. The van der Waals surface area contributed by atoms with E-state index >= 15 is 0 Å². The van der Waals surface area contributed by atoms with Crippen molar-refractivity contribution in [1.29, 1.82) is 0 Å². The predicted octanol–water partition coefficient (Wildman–Crippen LogP) is 0.805. The third-order valence-electron chi connectivity index (χ3n) is 2.99. The standard InChI is InChI=1S/C13H19N3O3S/c14-13(17)6-3-9-15-11-4-1-2-5-12(11)20(18,19)16-10-7-8-10/h1-2,4-5,10,15-16H,3,6-9H2,(H2,14,17). The van der Waals surface area contributed by atoms with E-state index < -0.39 is 10.0 Å². The summed E-state index contributed by atoms with van der Waals surface area (Å²) in [7, 11) is -3.49. The number of amides is 1. The van der Waals surface area contributed by atoms with Gasteiger partial charge >= 0.3 is 0 Å². The molecule has 1 saturated carbocycles. The second-order valence-corrected chi connectivity index (χ2v) is 6.57. The first kappa shape index (κ1) is 14.8. The number of carbonyl (C=O) groups excluding carboxylic acids is 1. The molecule has 0 bridgehead atoms. The van der Waals surface area contributed by atoms with Gasteiger partial charge in [-0.2, -0.15) is 0 Å². The van der Waals surface area contributed by atoms with Crippen molar-refractivity contribution < 1.29 is 13.2 Å². The van der Waals surface area contributed by atoms with Crippen LogP contribution in [0.5, 0.6) is 0 Å². The summed E-state index contributed by atoms with van der Waals surface area (Å²) in [6.45, 7) is 0.499. The third-order valence-corrected chi connectivity index (χ3v) is 4.57. The Morgan fingerprint density at radius 2 is 2.00 bits per heavy atom. The van der Waals surface area contributed by atoms with Gasteiger partial charge in [0.15, 0.2) is 0 Å². The second-order valence-electron chi connectivity index (χ2n) is 4.89. The molecule has 6 nitrogen and oxygen atoms in total. The number of nitrogens with two attached hydrogens (primary N) is 1. The summed E-state index contributed by atoms with van der Waals surface area (Å²) in [5.41, 5.74) is 5.61. The Hall–Kier alpha value is -1.60. The maximum absolute atomic E-state index is 12.2. The summed E-state index contributed by atoms with van der Waals surface area (Å²) in [6, 6.07) is 6.82. The summed E-state index contributed by atoms with van der Waals surface area (Å²) >= 11 is 0. The molecule has 0 aromatic heterocycles. The van der Waals surface area contributed by atoms with Crippen LogP contribution in [-0.2, 0) is 14.8 Å². The molecule has 1 aromatic rings. The highest BCUT2D eigenvalue weighted by Crippen LogP contribution is 2.25. The second kappa shape index (κ2) is 6.23. The Labute approximate surface area is 118 Å². The van der Waals surface area contributed by atoms with E-state index in [-0.39, 0.29) is 23.3 Å². The molecule has 1 amide bonds. The lowest BCUT2D eigenvalue weighted by Gasteiger charge is -2.12. The lowest BCUT2D eigenvalue weighted by molar-refractivity contribution is -0.118. The number of hydrogen-bond donors (Lipinski definition) is 3. The molecule has 0 spiro atoms. The van der Waals surface area contributed by atoms with E-state index in [1.807, 2.05) is 0 Å². The normalized spacial score (nSPS) is 15.0. The molecule has 1 aromatic carbocycles. The molecule has 0 radical (unpaired) electrons. The van der Waals surface area contributed by atoms with E-state index in [1.165, 1.54) is 0 Å². The summed E-state index contributed by atoms with van der Waals surface area (Å²) < 4.78 is 27.1. The number of para-hydroxylation sites is 1. The molecule has 1 fully saturated rings. The van der Waals surface area contributed by atoms with E-state index in [2.05, 4.69) is 10.0 Å². The van der Waals surface area contributed by atoms with Crippen LogP contribution in [0.25, 0.3) is 0 Å². The van der Waals surface area contributed by atoms with E-state index in [4.69, 9.17) is 5.73 Å². The molecular weight excluding hydrogens is 278 g/mol. The Morgan fingerprint density at radius 1 is 1.30 bits per heavy atom. The topological polar surface area (TPSA) is 101 Å². The first-order valence-electron chi connectivity index (χ1n) is 6.62. The highest BCUT2D eigenvalue weighted by atomic mass is 32.2. The number of primary amides is 1. The number of benzene rings is 1. The summed E-state index contributed by atoms with van der Waals surface area (Å²) in [5.74, 6) is -0.358. The molecule has 0 unspecified atom stereocenters. The minimum absolute atomic E-state index is 0.0721. The monoisotopic (exact) mass is 297 g/mol. The van der Waals surface area contributed by atoms with E-state index in [9.17, 15) is 13.2 Å². The zero-order valence-electron chi connectivity index (χ0n) is 11.1. The lowest BCUT2D eigenvalue weighted by Crippen LogP contribution is -2.26. The van der Waals surface area contributed by atoms with Crippen LogP contribution in [0.1, 0.15) is 25.7 Å². The SMILES string of the molecule is NC(=O)CCCNc1ccccc1S(=O)(=O)NC1CC1. The van der Waals surface area contributed by atoms with Gasteiger partial charge in [-0.3, -0.25) is 4.79 Å². The zero-order valence-corrected chi connectivity index (χ0v) is 11.9. The molecule has 0 aliphatic heterocycles. The molecular formula is C13H19N3O3S. The van der Waals surface area contributed by atoms with Gasteiger partial charge < -0.3 is 11.1 Å². The van der Waals surface area contributed by atoms with Gasteiger partial charge in [0, 0.05) is 19.0 Å². The Balaban J connectivity index is 2.03. The molecule has 1 aliphatic rings.